The van der Waals surface area contributed by atoms with E-state index in [1.165, 1.54) is 25.7 Å². The average molecular weight is 287 g/mol. The molecule has 21 heavy (non-hydrogen) atoms. The molecule has 0 radical (unpaired) electrons. The van der Waals surface area contributed by atoms with Crippen molar-refractivity contribution >= 4 is 10.9 Å². The number of rotatable bonds is 7. The van der Waals surface area contributed by atoms with Crippen molar-refractivity contribution in [3.63, 3.8) is 0 Å². The van der Waals surface area contributed by atoms with Crippen LogP contribution >= 0.6 is 0 Å². The third-order valence-electron chi connectivity index (χ3n) is 4.06. The van der Waals surface area contributed by atoms with Gasteiger partial charge in [0, 0.05) is 16.6 Å². The second kappa shape index (κ2) is 7.30. The highest BCUT2D eigenvalue weighted by Crippen LogP contribution is 2.22. The highest BCUT2D eigenvalue weighted by Gasteiger charge is 2.11. The molecular formula is C18H25NO2. The maximum atomic E-state index is 12.7. The van der Waals surface area contributed by atoms with Crippen molar-refractivity contribution in [2.45, 2.75) is 52.4 Å². The standard InChI is InChI=1S/C18H25NO2/c1-4-5-6-7-8-10-14-13(2)19-17-15(18(14)20)11-9-12-16(17)21-3/h9,11-12H,4-8,10H2,1-3H3,(H,19,20). The number of aromatic amines is 1. The lowest BCUT2D eigenvalue weighted by molar-refractivity contribution is 0.419. The minimum atomic E-state index is 0.149. The Morgan fingerprint density at radius 3 is 2.62 bits per heavy atom. The number of hydrogen-bond donors (Lipinski definition) is 1. The summed E-state index contributed by atoms with van der Waals surface area (Å²) in [6.45, 7) is 4.19. The monoisotopic (exact) mass is 287 g/mol. The molecule has 2 rings (SSSR count). The topological polar surface area (TPSA) is 42.1 Å². The number of nitrogens with one attached hydrogen (secondary N) is 1. The smallest absolute Gasteiger partial charge is 0.192 e. The SMILES string of the molecule is CCCCCCCc1c(C)[nH]c2c(OC)cccc2c1=O. The summed E-state index contributed by atoms with van der Waals surface area (Å²) in [4.78, 5) is 16.0. The first-order valence-corrected chi connectivity index (χ1v) is 7.87. The molecule has 0 aliphatic rings. The lowest BCUT2D eigenvalue weighted by Crippen LogP contribution is -2.13. The van der Waals surface area contributed by atoms with E-state index in [1.54, 1.807) is 7.11 Å². The minimum absolute atomic E-state index is 0.149. The fourth-order valence-electron chi connectivity index (χ4n) is 2.82. The number of pyridine rings is 1. The summed E-state index contributed by atoms with van der Waals surface area (Å²) < 4.78 is 5.33. The van der Waals surface area contributed by atoms with Crippen LogP contribution in [0.2, 0.25) is 0 Å². The Morgan fingerprint density at radius 1 is 1.14 bits per heavy atom. The number of H-pyrrole nitrogens is 1. The van der Waals surface area contributed by atoms with Gasteiger partial charge in [0.05, 0.1) is 12.6 Å². The summed E-state index contributed by atoms with van der Waals surface area (Å²) in [5.41, 5.74) is 2.84. The fraction of sp³-hybridized carbons (Fsp3) is 0.500. The van der Waals surface area contributed by atoms with Gasteiger partial charge in [-0.1, -0.05) is 38.7 Å². The summed E-state index contributed by atoms with van der Waals surface area (Å²) in [6, 6.07) is 5.62. The molecule has 0 amide bonds. The molecule has 0 saturated heterocycles. The van der Waals surface area contributed by atoms with E-state index in [1.807, 2.05) is 25.1 Å². The summed E-state index contributed by atoms with van der Waals surface area (Å²) in [7, 11) is 1.63. The van der Waals surface area contributed by atoms with Crippen LogP contribution < -0.4 is 10.2 Å². The van der Waals surface area contributed by atoms with Crippen LogP contribution in [0.25, 0.3) is 10.9 Å². The zero-order valence-electron chi connectivity index (χ0n) is 13.3. The van der Waals surface area contributed by atoms with Gasteiger partial charge in [-0.05, 0) is 31.9 Å². The van der Waals surface area contributed by atoms with Gasteiger partial charge >= 0.3 is 0 Å². The van der Waals surface area contributed by atoms with Gasteiger partial charge in [-0.3, -0.25) is 4.79 Å². The normalized spacial score (nSPS) is 11.0. The molecule has 1 heterocycles. The number of aryl methyl sites for hydroxylation is 1. The Balaban J connectivity index is 2.27. The molecule has 1 aromatic heterocycles. The van der Waals surface area contributed by atoms with Crippen molar-refractivity contribution in [3.8, 4) is 5.75 Å². The van der Waals surface area contributed by atoms with Crippen LogP contribution in [0, 0.1) is 6.92 Å². The van der Waals surface area contributed by atoms with E-state index in [9.17, 15) is 4.79 Å². The maximum Gasteiger partial charge on any atom is 0.192 e. The first-order valence-electron chi connectivity index (χ1n) is 7.87. The van der Waals surface area contributed by atoms with Crippen molar-refractivity contribution < 1.29 is 4.74 Å². The number of unbranched alkanes of at least 4 members (excludes halogenated alkanes) is 4. The molecule has 2 aromatic rings. The predicted molar refractivity (Wildman–Crippen MR) is 88.3 cm³/mol. The lowest BCUT2D eigenvalue weighted by atomic mass is 10.0. The van der Waals surface area contributed by atoms with Crippen LogP contribution in [-0.4, -0.2) is 12.1 Å². The fourth-order valence-corrected chi connectivity index (χ4v) is 2.82. The molecule has 0 spiro atoms. The molecule has 1 aromatic carbocycles. The van der Waals surface area contributed by atoms with Gasteiger partial charge in [-0.25, -0.2) is 0 Å². The summed E-state index contributed by atoms with van der Waals surface area (Å²) in [5, 5.41) is 0.725. The van der Waals surface area contributed by atoms with Gasteiger partial charge in [-0.15, -0.1) is 0 Å². The molecule has 1 N–H and O–H groups in total. The number of fused-ring (bicyclic) bond motifs is 1. The van der Waals surface area contributed by atoms with Crippen molar-refractivity contribution in [2.75, 3.05) is 7.11 Å². The first-order chi connectivity index (χ1) is 10.2. The molecular weight excluding hydrogens is 262 g/mol. The van der Waals surface area contributed by atoms with E-state index in [2.05, 4.69) is 11.9 Å². The molecule has 0 bridgehead atoms. The van der Waals surface area contributed by atoms with Crippen LogP contribution in [0.5, 0.6) is 5.75 Å². The largest absolute Gasteiger partial charge is 0.495 e. The van der Waals surface area contributed by atoms with Crippen molar-refractivity contribution in [3.05, 3.63) is 39.7 Å². The lowest BCUT2D eigenvalue weighted by Gasteiger charge is -2.10. The highest BCUT2D eigenvalue weighted by atomic mass is 16.5. The molecule has 0 aliphatic heterocycles. The molecule has 0 unspecified atom stereocenters. The quantitative estimate of drug-likeness (QED) is 0.769. The van der Waals surface area contributed by atoms with Gasteiger partial charge in [0.25, 0.3) is 0 Å². The number of methoxy groups -OCH3 is 1. The number of para-hydroxylation sites is 1. The van der Waals surface area contributed by atoms with Gasteiger partial charge < -0.3 is 9.72 Å². The van der Waals surface area contributed by atoms with Gasteiger partial charge in [0.15, 0.2) is 5.43 Å². The summed E-state index contributed by atoms with van der Waals surface area (Å²) in [5.74, 6) is 0.724. The maximum absolute atomic E-state index is 12.7. The third kappa shape index (κ3) is 3.46. The second-order valence-corrected chi connectivity index (χ2v) is 5.60. The number of aromatic nitrogens is 1. The molecule has 0 saturated carbocycles. The van der Waals surface area contributed by atoms with Crippen LogP contribution in [0.1, 0.15) is 50.3 Å². The Morgan fingerprint density at radius 2 is 1.90 bits per heavy atom. The second-order valence-electron chi connectivity index (χ2n) is 5.60. The molecule has 0 aliphatic carbocycles. The van der Waals surface area contributed by atoms with E-state index in [4.69, 9.17) is 4.74 Å². The van der Waals surface area contributed by atoms with Crippen LogP contribution in [0.3, 0.4) is 0 Å². The third-order valence-corrected chi connectivity index (χ3v) is 4.06. The van der Waals surface area contributed by atoms with Crippen LogP contribution in [0.15, 0.2) is 23.0 Å². The Hall–Kier alpha value is -1.77. The first kappa shape index (κ1) is 15.6. The van der Waals surface area contributed by atoms with E-state index in [0.717, 1.165) is 40.8 Å². The van der Waals surface area contributed by atoms with Crippen molar-refractivity contribution in [1.82, 2.24) is 4.98 Å². The number of benzene rings is 1. The van der Waals surface area contributed by atoms with Crippen LogP contribution in [-0.2, 0) is 6.42 Å². The number of ether oxygens (including phenoxy) is 1. The van der Waals surface area contributed by atoms with E-state index in [-0.39, 0.29) is 5.43 Å². The van der Waals surface area contributed by atoms with Crippen LogP contribution in [0.4, 0.5) is 0 Å². The highest BCUT2D eigenvalue weighted by molar-refractivity contribution is 5.85. The number of hydrogen-bond acceptors (Lipinski definition) is 2. The average Bonchev–Trinajstić information content (AvgIpc) is 2.49. The summed E-state index contributed by atoms with van der Waals surface area (Å²) >= 11 is 0. The van der Waals surface area contributed by atoms with Gasteiger partial charge in [-0.2, -0.15) is 0 Å². The molecule has 0 fully saturated rings. The minimum Gasteiger partial charge on any atom is -0.495 e. The van der Waals surface area contributed by atoms with E-state index in [0.29, 0.717) is 0 Å². The van der Waals surface area contributed by atoms with Crippen molar-refractivity contribution in [1.29, 1.82) is 0 Å². The Bertz CT molecular complexity index is 658. The predicted octanol–water partition coefficient (Wildman–Crippen LogP) is 4.36. The van der Waals surface area contributed by atoms with E-state index < -0.39 is 0 Å². The summed E-state index contributed by atoms with van der Waals surface area (Å²) in [6.07, 6.45) is 6.93. The zero-order valence-corrected chi connectivity index (χ0v) is 13.3. The van der Waals surface area contributed by atoms with Gasteiger partial charge in [0.2, 0.25) is 0 Å². The molecule has 114 valence electrons. The van der Waals surface area contributed by atoms with Crippen molar-refractivity contribution in [2.24, 2.45) is 0 Å². The zero-order chi connectivity index (χ0) is 15.2. The molecule has 3 nitrogen and oxygen atoms in total. The van der Waals surface area contributed by atoms with E-state index >= 15 is 0 Å². The Labute approximate surface area is 126 Å². The van der Waals surface area contributed by atoms with Gasteiger partial charge in [0.1, 0.15) is 5.75 Å². The Kier molecular flexibility index (Phi) is 5.43. The molecule has 3 heteroatoms. The molecule has 0 atom stereocenters.